The summed E-state index contributed by atoms with van der Waals surface area (Å²) >= 11 is 0. The third-order valence-electron chi connectivity index (χ3n) is 3.90. The van der Waals surface area contributed by atoms with Crippen LogP contribution >= 0.6 is 0 Å². The number of nitrogens with zero attached hydrogens (tertiary/aromatic N) is 1. The van der Waals surface area contributed by atoms with Gasteiger partial charge in [0.2, 0.25) is 0 Å². The van der Waals surface area contributed by atoms with Crippen molar-refractivity contribution < 1.29 is 9.53 Å². The van der Waals surface area contributed by atoms with E-state index in [4.69, 9.17) is 4.74 Å². The van der Waals surface area contributed by atoms with Gasteiger partial charge in [-0.1, -0.05) is 12.1 Å². The number of benzene rings is 1. The Bertz CT molecular complexity index is 471. The maximum atomic E-state index is 12.0. The van der Waals surface area contributed by atoms with Gasteiger partial charge in [0.1, 0.15) is 0 Å². The summed E-state index contributed by atoms with van der Waals surface area (Å²) in [6, 6.07) is 7.62. The third kappa shape index (κ3) is 5.22. The van der Waals surface area contributed by atoms with Gasteiger partial charge in [0.05, 0.1) is 17.5 Å². The average molecular weight is 305 g/mol. The summed E-state index contributed by atoms with van der Waals surface area (Å²) in [5, 5.41) is 5.82. The first-order valence-electron chi connectivity index (χ1n) is 8.09. The van der Waals surface area contributed by atoms with E-state index in [0.29, 0.717) is 12.6 Å². The molecule has 5 nitrogen and oxygen atoms in total. The van der Waals surface area contributed by atoms with Crippen LogP contribution in [0.4, 0.5) is 16.2 Å². The number of hydrogen-bond donors (Lipinski definition) is 2. The maximum absolute atomic E-state index is 12.0. The van der Waals surface area contributed by atoms with Gasteiger partial charge in [0.25, 0.3) is 0 Å². The van der Waals surface area contributed by atoms with Crippen molar-refractivity contribution in [3.8, 4) is 0 Å². The first-order chi connectivity index (χ1) is 10.7. The molecule has 0 aromatic heterocycles. The zero-order chi connectivity index (χ0) is 15.8. The van der Waals surface area contributed by atoms with E-state index in [1.807, 2.05) is 43.3 Å². The molecule has 1 aliphatic heterocycles. The lowest BCUT2D eigenvalue weighted by molar-refractivity contribution is 0.0103. The molecular weight excluding hydrogens is 278 g/mol. The molecule has 0 saturated carbocycles. The molecule has 1 aromatic carbocycles. The first kappa shape index (κ1) is 16.6. The van der Waals surface area contributed by atoms with Crippen molar-refractivity contribution in [2.24, 2.45) is 0 Å². The van der Waals surface area contributed by atoms with Crippen LogP contribution < -0.4 is 15.5 Å². The minimum absolute atomic E-state index is 0.154. The highest BCUT2D eigenvalue weighted by Crippen LogP contribution is 2.23. The number of urea groups is 1. The quantitative estimate of drug-likeness (QED) is 0.793. The molecule has 1 saturated heterocycles. The van der Waals surface area contributed by atoms with Crippen LogP contribution in [0.3, 0.4) is 0 Å². The van der Waals surface area contributed by atoms with E-state index < -0.39 is 0 Å². The summed E-state index contributed by atoms with van der Waals surface area (Å²) in [5.74, 6) is 0. The van der Waals surface area contributed by atoms with Crippen molar-refractivity contribution in [2.45, 2.75) is 38.2 Å². The van der Waals surface area contributed by atoms with E-state index in [1.54, 1.807) is 0 Å². The Morgan fingerprint density at radius 3 is 2.86 bits per heavy atom. The number of amides is 2. The highest BCUT2D eigenvalue weighted by Gasteiger charge is 2.13. The van der Waals surface area contributed by atoms with E-state index in [2.05, 4.69) is 10.6 Å². The number of carbonyl (C=O) groups is 1. The zero-order valence-electron chi connectivity index (χ0n) is 13.6. The smallest absolute Gasteiger partial charge is 0.319 e. The average Bonchev–Trinajstić information content (AvgIpc) is 2.53. The maximum Gasteiger partial charge on any atom is 0.319 e. The van der Waals surface area contributed by atoms with Crippen molar-refractivity contribution >= 4 is 17.4 Å². The second kappa shape index (κ2) is 8.63. The van der Waals surface area contributed by atoms with Crippen LogP contribution in [0, 0.1) is 0 Å². The molecule has 0 radical (unpaired) electrons. The van der Waals surface area contributed by atoms with E-state index >= 15 is 0 Å². The second-order valence-corrected chi connectivity index (χ2v) is 5.92. The molecule has 0 bridgehead atoms. The molecule has 0 spiro atoms. The number of ether oxygens (including phenoxy) is 1. The molecule has 1 fully saturated rings. The Morgan fingerprint density at radius 1 is 1.32 bits per heavy atom. The van der Waals surface area contributed by atoms with Gasteiger partial charge < -0.3 is 20.3 Å². The fraction of sp³-hybridized carbons (Fsp3) is 0.588. The molecule has 2 rings (SSSR count). The predicted molar refractivity (Wildman–Crippen MR) is 90.6 cm³/mol. The van der Waals surface area contributed by atoms with E-state index in [0.717, 1.165) is 37.2 Å². The summed E-state index contributed by atoms with van der Waals surface area (Å²) < 4.78 is 5.69. The number of rotatable bonds is 6. The SMILES string of the molecule is CN(C)c1ccccc1NC(=O)NCCC[C@H]1CCCCO1. The molecule has 22 heavy (non-hydrogen) atoms. The Balaban J connectivity index is 1.69. The lowest BCUT2D eigenvalue weighted by Crippen LogP contribution is -2.31. The van der Waals surface area contributed by atoms with E-state index in [9.17, 15) is 4.79 Å². The van der Waals surface area contributed by atoms with Crippen LogP contribution in [0.5, 0.6) is 0 Å². The first-order valence-corrected chi connectivity index (χ1v) is 8.09. The molecule has 1 aromatic rings. The van der Waals surface area contributed by atoms with Crippen LogP contribution in [-0.2, 0) is 4.74 Å². The minimum atomic E-state index is -0.154. The standard InChI is InChI=1S/C17H27N3O2/c1-20(2)16-11-4-3-10-15(16)19-17(21)18-12-7-9-14-8-5-6-13-22-14/h3-4,10-11,14H,5-9,12-13H2,1-2H3,(H2,18,19,21)/t14-/m1/s1. The fourth-order valence-corrected chi connectivity index (χ4v) is 2.70. The lowest BCUT2D eigenvalue weighted by Gasteiger charge is -2.22. The molecule has 5 heteroatoms. The predicted octanol–water partition coefficient (Wildman–Crippen LogP) is 3.22. The molecule has 1 heterocycles. The molecule has 2 amide bonds. The molecule has 1 atom stereocenters. The Kier molecular flexibility index (Phi) is 6.52. The van der Waals surface area contributed by atoms with Gasteiger partial charge >= 0.3 is 6.03 Å². The number of anilines is 2. The summed E-state index contributed by atoms with van der Waals surface area (Å²) in [6.07, 6.45) is 5.96. The Hall–Kier alpha value is -1.75. The largest absolute Gasteiger partial charge is 0.378 e. The molecular formula is C17H27N3O2. The second-order valence-electron chi connectivity index (χ2n) is 5.92. The van der Waals surface area contributed by atoms with Gasteiger partial charge in [0.15, 0.2) is 0 Å². The Morgan fingerprint density at radius 2 is 2.14 bits per heavy atom. The van der Waals surface area contributed by atoms with Crippen LogP contribution in [0.1, 0.15) is 32.1 Å². The third-order valence-corrected chi connectivity index (χ3v) is 3.90. The topological polar surface area (TPSA) is 53.6 Å². The zero-order valence-corrected chi connectivity index (χ0v) is 13.6. The minimum Gasteiger partial charge on any atom is -0.378 e. The summed E-state index contributed by atoms with van der Waals surface area (Å²) in [4.78, 5) is 13.9. The van der Waals surface area contributed by atoms with Crippen LogP contribution in [0.2, 0.25) is 0 Å². The van der Waals surface area contributed by atoms with Gasteiger partial charge in [-0.05, 0) is 44.2 Å². The monoisotopic (exact) mass is 305 g/mol. The summed E-state index contributed by atoms with van der Waals surface area (Å²) in [7, 11) is 3.92. The number of carbonyl (C=O) groups excluding carboxylic acids is 1. The van der Waals surface area contributed by atoms with Crippen molar-refractivity contribution in [1.29, 1.82) is 0 Å². The van der Waals surface area contributed by atoms with Gasteiger partial charge in [-0.2, -0.15) is 0 Å². The lowest BCUT2D eigenvalue weighted by atomic mass is 10.0. The van der Waals surface area contributed by atoms with Gasteiger partial charge in [-0.3, -0.25) is 0 Å². The summed E-state index contributed by atoms with van der Waals surface area (Å²) in [5.41, 5.74) is 1.81. The summed E-state index contributed by atoms with van der Waals surface area (Å²) in [6.45, 7) is 1.57. The number of nitrogens with one attached hydrogen (secondary N) is 2. The van der Waals surface area contributed by atoms with Crippen LogP contribution in [-0.4, -0.2) is 39.4 Å². The Labute approximate surface area is 133 Å². The normalized spacial score (nSPS) is 17.8. The van der Waals surface area contributed by atoms with Crippen molar-refractivity contribution in [3.05, 3.63) is 24.3 Å². The van der Waals surface area contributed by atoms with Crippen LogP contribution in [0.15, 0.2) is 24.3 Å². The molecule has 1 aliphatic rings. The van der Waals surface area contributed by atoms with E-state index in [1.165, 1.54) is 12.8 Å². The number of para-hydroxylation sites is 2. The van der Waals surface area contributed by atoms with Gasteiger partial charge in [-0.25, -0.2) is 4.79 Å². The van der Waals surface area contributed by atoms with Gasteiger partial charge in [-0.15, -0.1) is 0 Å². The van der Waals surface area contributed by atoms with Crippen molar-refractivity contribution in [3.63, 3.8) is 0 Å². The van der Waals surface area contributed by atoms with Gasteiger partial charge in [0, 0.05) is 27.2 Å². The molecule has 0 unspecified atom stereocenters. The van der Waals surface area contributed by atoms with E-state index in [-0.39, 0.29) is 6.03 Å². The molecule has 2 N–H and O–H groups in total. The van der Waals surface area contributed by atoms with Crippen LogP contribution in [0.25, 0.3) is 0 Å². The van der Waals surface area contributed by atoms with Crippen molar-refractivity contribution in [1.82, 2.24) is 5.32 Å². The van der Waals surface area contributed by atoms with Crippen molar-refractivity contribution in [2.75, 3.05) is 37.5 Å². The molecule has 122 valence electrons. The highest BCUT2D eigenvalue weighted by molar-refractivity contribution is 5.93. The highest BCUT2D eigenvalue weighted by atomic mass is 16.5. The fourth-order valence-electron chi connectivity index (χ4n) is 2.70. The molecule has 0 aliphatic carbocycles. The number of hydrogen-bond acceptors (Lipinski definition) is 3.